The fourth-order valence-electron chi connectivity index (χ4n) is 2.71. The summed E-state index contributed by atoms with van der Waals surface area (Å²) < 4.78 is 5.48. The second-order valence-electron chi connectivity index (χ2n) is 5.93. The zero-order valence-corrected chi connectivity index (χ0v) is 14.5. The van der Waals surface area contributed by atoms with Crippen LogP contribution in [0.25, 0.3) is 0 Å². The molecule has 0 amide bonds. The molecule has 0 fully saturated rings. The lowest BCUT2D eigenvalue weighted by molar-refractivity contribution is -0.143. The summed E-state index contributed by atoms with van der Waals surface area (Å²) in [5, 5.41) is 0. The Balaban J connectivity index is 2.12. The molecule has 1 unspecified atom stereocenters. The maximum absolute atomic E-state index is 11.6. The van der Waals surface area contributed by atoms with Gasteiger partial charge in [-0.3, -0.25) is 4.90 Å². The van der Waals surface area contributed by atoms with E-state index in [4.69, 9.17) is 4.74 Å². The molecule has 0 saturated carbocycles. The van der Waals surface area contributed by atoms with Crippen molar-refractivity contribution < 1.29 is 9.53 Å². The average molecular weight is 335 g/mol. The zero-order valence-electron chi connectivity index (χ0n) is 14.5. The van der Waals surface area contributed by atoms with Gasteiger partial charge in [0.05, 0.1) is 0 Å². The predicted molar refractivity (Wildman–Crippen MR) is 102 cm³/mol. The van der Waals surface area contributed by atoms with E-state index < -0.39 is 5.97 Å². The van der Waals surface area contributed by atoms with Gasteiger partial charge in [0, 0.05) is 32.1 Å². The molecule has 1 atom stereocenters. The predicted octanol–water partition coefficient (Wildman–Crippen LogP) is 4.36. The highest BCUT2D eigenvalue weighted by Gasteiger charge is 2.17. The molecule has 0 aromatic heterocycles. The van der Waals surface area contributed by atoms with Crippen LogP contribution in [0.2, 0.25) is 0 Å². The number of rotatable bonds is 10. The van der Waals surface area contributed by atoms with Gasteiger partial charge in [-0.15, -0.1) is 6.58 Å². The highest BCUT2D eigenvalue weighted by molar-refractivity contribution is 5.81. The van der Waals surface area contributed by atoms with Crippen LogP contribution in [0.15, 0.2) is 86.0 Å². The Bertz CT molecular complexity index is 625. The fraction of sp³-hybridized carbons (Fsp3) is 0.227. The first-order chi connectivity index (χ1) is 12.2. The van der Waals surface area contributed by atoms with Gasteiger partial charge in [0.25, 0.3) is 0 Å². The van der Waals surface area contributed by atoms with Crippen LogP contribution in [0.4, 0.5) is 0 Å². The lowest BCUT2D eigenvalue weighted by atomic mass is 10.1. The summed E-state index contributed by atoms with van der Waals surface area (Å²) in [4.78, 5) is 13.9. The summed E-state index contributed by atoms with van der Waals surface area (Å²) in [6.45, 7) is 9.46. The lowest BCUT2D eigenvalue weighted by Crippen LogP contribution is -2.34. The maximum atomic E-state index is 11.6. The number of hydrogen-bond donors (Lipinski definition) is 0. The Labute approximate surface area is 150 Å². The molecule has 0 saturated heterocycles. The van der Waals surface area contributed by atoms with E-state index >= 15 is 0 Å². The normalized spacial score (nSPS) is 11.7. The minimum absolute atomic E-state index is 0.240. The summed E-state index contributed by atoms with van der Waals surface area (Å²) in [5.74, 6) is -0.397. The molecular weight excluding hydrogens is 310 g/mol. The molecule has 3 nitrogen and oxygen atoms in total. The second kappa shape index (κ2) is 10.3. The number of carbonyl (C=O) groups is 1. The van der Waals surface area contributed by atoms with E-state index in [1.165, 1.54) is 17.2 Å². The van der Waals surface area contributed by atoms with E-state index in [1.54, 1.807) is 6.08 Å². The molecule has 0 heterocycles. The zero-order chi connectivity index (χ0) is 17.9. The van der Waals surface area contributed by atoms with Crippen molar-refractivity contribution >= 4 is 5.97 Å². The largest absolute Gasteiger partial charge is 0.458 e. The molecule has 0 spiro atoms. The van der Waals surface area contributed by atoms with E-state index in [9.17, 15) is 4.79 Å². The topological polar surface area (TPSA) is 29.5 Å². The fourth-order valence-corrected chi connectivity index (χ4v) is 2.71. The molecule has 25 heavy (non-hydrogen) atoms. The number of hydrogen-bond acceptors (Lipinski definition) is 3. The molecule has 2 aromatic carbocycles. The molecule has 0 aliphatic rings. The van der Waals surface area contributed by atoms with Crippen LogP contribution in [-0.4, -0.2) is 23.5 Å². The Kier molecular flexibility index (Phi) is 7.67. The van der Waals surface area contributed by atoms with Gasteiger partial charge < -0.3 is 4.74 Å². The average Bonchev–Trinajstić information content (AvgIpc) is 2.63. The van der Waals surface area contributed by atoms with Crippen LogP contribution >= 0.6 is 0 Å². The number of ether oxygens (including phenoxy) is 1. The van der Waals surface area contributed by atoms with Gasteiger partial charge in [0.2, 0.25) is 0 Å². The minimum atomic E-state index is -0.397. The summed E-state index contributed by atoms with van der Waals surface area (Å²) in [5.41, 5.74) is 2.46. The standard InChI is InChI=1S/C22H25NO2/c1-3-11-21(25-22(24)4-2)18-23(16-19-12-7-5-8-13-19)17-20-14-9-6-10-15-20/h3-10,12-15,21H,1-2,11,16-18H2. The van der Waals surface area contributed by atoms with Gasteiger partial charge in [0.15, 0.2) is 0 Å². The van der Waals surface area contributed by atoms with Crippen molar-refractivity contribution in [1.29, 1.82) is 0 Å². The van der Waals surface area contributed by atoms with Gasteiger partial charge in [0.1, 0.15) is 6.10 Å². The van der Waals surface area contributed by atoms with Crippen LogP contribution in [0.5, 0.6) is 0 Å². The Morgan fingerprint density at radius 1 is 0.960 bits per heavy atom. The quantitative estimate of drug-likeness (QED) is 0.367. The smallest absolute Gasteiger partial charge is 0.330 e. The van der Waals surface area contributed by atoms with E-state index in [2.05, 4.69) is 42.3 Å². The summed E-state index contributed by atoms with van der Waals surface area (Å²) in [6.07, 6.45) is 3.36. The van der Waals surface area contributed by atoms with Crippen LogP contribution in [0.3, 0.4) is 0 Å². The number of benzene rings is 2. The molecule has 130 valence electrons. The van der Waals surface area contributed by atoms with Crippen molar-refractivity contribution in [3.63, 3.8) is 0 Å². The molecule has 0 radical (unpaired) electrons. The van der Waals surface area contributed by atoms with Gasteiger partial charge >= 0.3 is 5.97 Å². The first kappa shape index (κ1) is 18.7. The van der Waals surface area contributed by atoms with Gasteiger partial charge in [-0.05, 0) is 11.1 Å². The SMILES string of the molecule is C=CCC(CN(Cc1ccccc1)Cc1ccccc1)OC(=O)C=C. The van der Waals surface area contributed by atoms with E-state index in [1.807, 2.05) is 36.4 Å². The highest BCUT2D eigenvalue weighted by Crippen LogP contribution is 2.13. The molecule has 2 aromatic rings. The van der Waals surface area contributed by atoms with Crippen molar-refractivity contribution in [2.24, 2.45) is 0 Å². The van der Waals surface area contributed by atoms with Crippen LogP contribution in [-0.2, 0) is 22.6 Å². The lowest BCUT2D eigenvalue weighted by Gasteiger charge is -2.27. The molecular formula is C22H25NO2. The number of carbonyl (C=O) groups excluding carboxylic acids is 1. The molecule has 2 rings (SSSR count). The molecule has 0 aliphatic carbocycles. The third-order valence-electron chi connectivity index (χ3n) is 3.84. The minimum Gasteiger partial charge on any atom is -0.458 e. The van der Waals surface area contributed by atoms with Crippen LogP contribution in [0.1, 0.15) is 17.5 Å². The maximum Gasteiger partial charge on any atom is 0.330 e. The van der Waals surface area contributed by atoms with Crippen molar-refractivity contribution in [3.8, 4) is 0 Å². The molecule has 0 bridgehead atoms. The Morgan fingerprint density at radius 3 is 1.92 bits per heavy atom. The van der Waals surface area contributed by atoms with Crippen molar-refractivity contribution in [2.75, 3.05) is 6.54 Å². The summed E-state index contributed by atoms with van der Waals surface area (Å²) >= 11 is 0. The number of nitrogens with zero attached hydrogens (tertiary/aromatic N) is 1. The summed E-state index contributed by atoms with van der Waals surface area (Å²) in [7, 11) is 0. The highest BCUT2D eigenvalue weighted by atomic mass is 16.5. The number of esters is 1. The van der Waals surface area contributed by atoms with Gasteiger partial charge in [-0.2, -0.15) is 0 Å². The van der Waals surface area contributed by atoms with Gasteiger partial charge in [-0.1, -0.05) is 73.3 Å². The molecule has 3 heteroatoms. The van der Waals surface area contributed by atoms with E-state index in [-0.39, 0.29) is 6.10 Å². The third-order valence-corrected chi connectivity index (χ3v) is 3.84. The summed E-state index contributed by atoms with van der Waals surface area (Å²) in [6, 6.07) is 20.6. The van der Waals surface area contributed by atoms with Crippen LogP contribution < -0.4 is 0 Å². The Hall–Kier alpha value is -2.65. The molecule has 0 N–H and O–H groups in total. The first-order valence-electron chi connectivity index (χ1n) is 8.45. The Morgan fingerprint density at radius 2 is 1.48 bits per heavy atom. The van der Waals surface area contributed by atoms with E-state index in [0.717, 1.165) is 13.1 Å². The van der Waals surface area contributed by atoms with Crippen molar-refractivity contribution in [2.45, 2.75) is 25.6 Å². The first-order valence-corrected chi connectivity index (χ1v) is 8.45. The van der Waals surface area contributed by atoms with Gasteiger partial charge in [-0.25, -0.2) is 4.79 Å². The monoisotopic (exact) mass is 335 g/mol. The van der Waals surface area contributed by atoms with E-state index in [0.29, 0.717) is 13.0 Å². The third kappa shape index (κ3) is 6.77. The molecule has 0 aliphatic heterocycles. The van der Waals surface area contributed by atoms with Crippen LogP contribution in [0, 0.1) is 0 Å². The second-order valence-corrected chi connectivity index (χ2v) is 5.93. The van der Waals surface area contributed by atoms with Crippen molar-refractivity contribution in [1.82, 2.24) is 4.90 Å². The van der Waals surface area contributed by atoms with Crippen molar-refractivity contribution in [3.05, 3.63) is 97.1 Å².